The zero-order chi connectivity index (χ0) is 23.1. The van der Waals surface area contributed by atoms with Gasteiger partial charge in [-0.15, -0.1) is 11.3 Å². The third-order valence-electron chi connectivity index (χ3n) is 5.84. The normalized spacial score (nSPS) is 14.9. The molecule has 4 rings (SSSR count). The number of nitrogens with zero attached hydrogens (tertiary/aromatic N) is 3. The van der Waals surface area contributed by atoms with Crippen molar-refractivity contribution in [3.05, 3.63) is 51.3 Å². The Kier molecular flexibility index (Phi) is 8.75. The number of anilines is 2. The van der Waals surface area contributed by atoms with Crippen LogP contribution in [0.25, 0.3) is 10.4 Å². The van der Waals surface area contributed by atoms with E-state index in [4.69, 9.17) is 14.9 Å². The number of rotatable bonds is 5. The van der Waals surface area contributed by atoms with Gasteiger partial charge in [0, 0.05) is 39.7 Å². The lowest BCUT2D eigenvalue weighted by atomic mass is 9.81. The summed E-state index contributed by atoms with van der Waals surface area (Å²) in [5.41, 5.74) is 4.27. The fourth-order valence-electron chi connectivity index (χ4n) is 4.12. The van der Waals surface area contributed by atoms with Gasteiger partial charge in [-0.2, -0.15) is 0 Å². The fourth-order valence-corrected chi connectivity index (χ4v) is 5.78. The smallest absolute Gasteiger partial charge is 0.290 e. The van der Waals surface area contributed by atoms with Crippen molar-refractivity contribution in [3.8, 4) is 10.4 Å². The third-order valence-corrected chi connectivity index (χ3v) is 8.13. The first-order valence-electron chi connectivity index (χ1n) is 10.8. The summed E-state index contributed by atoms with van der Waals surface area (Å²) in [4.78, 5) is 23.2. The summed E-state index contributed by atoms with van der Waals surface area (Å²) in [7, 11) is 0. The molecule has 1 aliphatic carbocycles. The predicted octanol–water partition coefficient (Wildman–Crippen LogP) is 7.11. The topological polar surface area (TPSA) is 88.0 Å². The van der Waals surface area contributed by atoms with Crippen LogP contribution in [0.2, 0.25) is 0 Å². The molecule has 8 heteroatoms. The number of nitrogens with one attached hydrogen (secondary N) is 1. The summed E-state index contributed by atoms with van der Waals surface area (Å²) < 4.78 is 1.12. The summed E-state index contributed by atoms with van der Waals surface area (Å²) in [5, 5.41) is 11.5. The second-order valence-corrected chi connectivity index (χ2v) is 10.0. The molecule has 170 valence electrons. The van der Waals surface area contributed by atoms with E-state index in [1.54, 1.807) is 6.20 Å². The molecule has 1 aliphatic rings. The van der Waals surface area contributed by atoms with E-state index in [1.165, 1.54) is 53.1 Å². The van der Waals surface area contributed by atoms with Crippen molar-refractivity contribution in [3.63, 3.8) is 0 Å². The monoisotopic (exact) mass is 516 g/mol. The van der Waals surface area contributed by atoms with E-state index in [1.807, 2.05) is 30.5 Å². The standard InChI is InChI=1S/C23H27BrN4S.CH2O2/c1-14-11-18(28-23-25-10-9-15(2)27-23)12-19(21(14)24)20-13-26-22(29-20)16(3)17-7-5-4-6-8-17;2-1-3/h9-13,16-17H,4-8H2,1-3H3,(H,25,27,28);1H,(H,2,3)/t16-;/m0./s1. The van der Waals surface area contributed by atoms with Crippen LogP contribution >= 0.6 is 27.3 Å². The van der Waals surface area contributed by atoms with Gasteiger partial charge in [0.1, 0.15) is 0 Å². The Hall–Kier alpha value is -2.32. The summed E-state index contributed by atoms with van der Waals surface area (Å²) >= 11 is 5.62. The zero-order valence-electron chi connectivity index (χ0n) is 18.6. The summed E-state index contributed by atoms with van der Waals surface area (Å²) in [6.07, 6.45) is 10.6. The van der Waals surface area contributed by atoms with Gasteiger partial charge in [-0.25, -0.2) is 15.0 Å². The number of hydrogen-bond donors (Lipinski definition) is 2. The molecular formula is C24H29BrN4O2S. The highest BCUT2D eigenvalue weighted by atomic mass is 79.9. The molecule has 2 N–H and O–H groups in total. The molecule has 0 spiro atoms. The first kappa shape index (κ1) is 24.3. The van der Waals surface area contributed by atoms with E-state index in [2.05, 4.69) is 57.2 Å². The molecular weight excluding hydrogens is 488 g/mol. The highest BCUT2D eigenvalue weighted by Gasteiger charge is 2.24. The maximum absolute atomic E-state index is 8.36. The van der Waals surface area contributed by atoms with Crippen molar-refractivity contribution < 1.29 is 9.90 Å². The number of carbonyl (C=O) groups is 1. The van der Waals surface area contributed by atoms with Gasteiger partial charge in [0.15, 0.2) is 0 Å². The first-order valence-corrected chi connectivity index (χ1v) is 12.4. The van der Waals surface area contributed by atoms with Crippen LogP contribution in [0.1, 0.15) is 61.2 Å². The van der Waals surface area contributed by atoms with Crippen molar-refractivity contribution in [2.24, 2.45) is 5.92 Å². The molecule has 6 nitrogen and oxygen atoms in total. The fraction of sp³-hybridized carbons (Fsp3) is 0.417. The number of hydrogen-bond acceptors (Lipinski definition) is 6. The van der Waals surface area contributed by atoms with Crippen molar-refractivity contribution in [1.82, 2.24) is 15.0 Å². The lowest BCUT2D eigenvalue weighted by molar-refractivity contribution is -0.122. The van der Waals surface area contributed by atoms with Gasteiger partial charge in [0.25, 0.3) is 6.47 Å². The SMILES string of the molecule is Cc1ccnc(Nc2cc(C)c(Br)c(-c3cnc([C@@H](C)C4CCCCC4)s3)c2)n1.O=CO. The minimum atomic E-state index is -0.250. The van der Waals surface area contributed by atoms with Crippen molar-refractivity contribution in [1.29, 1.82) is 0 Å². The van der Waals surface area contributed by atoms with Gasteiger partial charge in [0.05, 0.1) is 9.88 Å². The van der Waals surface area contributed by atoms with Crippen LogP contribution in [0, 0.1) is 19.8 Å². The molecule has 32 heavy (non-hydrogen) atoms. The van der Waals surface area contributed by atoms with Gasteiger partial charge in [-0.1, -0.05) is 26.2 Å². The Morgan fingerprint density at radius 3 is 2.62 bits per heavy atom. The van der Waals surface area contributed by atoms with Crippen molar-refractivity contribution in [2.45, 2.75) is 58.8 Å². The molecule has 3 aromatic rings. The van der Waals surface area contributed by atoms with Crippen LogP contribution < -0.4 is 5.32 Å². The minimum absolute atomic E-state index is 0.250. The third kappa shape index (κ3) is 6.13. The van der Waals surface area contributed by atoms with E-state index >= 15 is 0 Å². The summed E-state index contributed by atoms with van der Waals surface area (Å²) in [6.45, 7) is 6.19. The van der Waals surface area contributed by atoms with Crippen LogP contribution in [0.3, 0.4) is 0 Å². The highest BCUT2D eigenvalue weighted by Crippen LogP contribution is 2.42. The molecule has 2 heterocycles. The van der Waals surface area contributed by atoms with Crippen LogP contribution in [-0.4, -0.2) is 26.5 Å². The molecule has 0 aliphatic heterocycles. The quantitative estimate of drug-likeness (QED) is 0.351. The summed E-state index contributed by atoms with van der Waals surface area (Å²) in [5.74, 6) is 1.93. The second-order valence-electron chi connectivity index (χ2n) is 8.16. The number of aromatic nitrogens is 3. The Balaban J connectivity index is 0.000000913. The summed E-state index contributed by atoms with van der Waals surface area (Å²) in [6, 6.07) is 6.17. The molecule has 1 saturated carbocycles. The molecule has 0 radical (unpaired) electrons. The molecule has 0 bridgehead atoms. The molecule has 2 aromatic heterocycles. The Labute approximate surface area is 201 Å². The highest BCUT2D eigenvalue weighted by molar-refractivity contribution is 9.10. The second kappa shape index (κ2) is 11.5. The molecule has 1 atom stereocenters. The molecule has 0 amide bonds. The van der Waals surface area contributed by atoms with Crippen molar-refractivity contribution in [2.75, 3.05) is 5.32 Å². The minimum Gasteiger partial charge on any atom is -0.483 e. The largest absolute Gasteiger partial charge is 0.483 e. The Morgan fingerprint density at radius 1 is 1.22 bits per heavy atom. The Morgan fingerprint density at radius 2 is 1.94 bits per heavy atom. The maximum Gasteiger partial charge on any atom is 0.290 e. The van der Waals surface area contributed by atoms with Crippen LogP contribution in [0.15, 0.2) is 35.1 Å². The van der Waals surface area contributed by atoms with Crippen LogP contribution in [0.4, 0.5) is 11.6 Å². The van der Waals surface area contributed by atoms with E-state index in [0.29, 0.717) is 11.9 Å². The van der Waals surface area contributed by atoms with Crippen LogP contribution in [0.5, 0.6) is 0 Å². The van der Waals surface area contributed by atoms with Gasteiger partial charge < -0.3 is 10.4 Å². The van der Waals surface area contributed by atoms with E-state index in [9.17, 15) is 0 Å². The number of thiazole rings is 1. The first-order chi connectivity index (χ1) is 15.4. The number of carboxylic acid groups (broad SMARTS) is 1. The number of halogens is 1. The van der Waals surface area contributed by atoms with E-state index in [-0.39, 0.29) is 6.47 Å². The van der Waals surface area contributed by atoms with Crippen LogP contribution in [-0.2, 0) is 4.79 Å². The lowest BCUT2D eigenvalue weighted by Crippen LogP contribution is -2.13. The van der Waals surface area contributed by atoms with Gasteiger partial charge in [-0.3, -0.25) is 4.79 Å². The predicted molar refractivity (Wildman–Crippen MR) is 134 cm³/mol. The molecule has 0 saturated heterocycles. The van der Waals surface area contributed by atoms with Gasteiger partial charge in [0.2, 0.25) is 5.95 Å². The molecule has 0 unspecified atom stereocenters. The average molecular weight is 517 g/mol. The average Bonchev–Trinajstić information content (AvgIpc) is 3.27. The lowest BCUT2D eigenvalue weighted by Gasteiger charge is -2.26. The van der Waals surface area contributed by atoms with E-state index < -0.39 is 0 Å². The van der Waals surface area contributed by atoms with E-state index in [0.717, 1.165) is 21.8 Å². The van der Waals surface area contributed by atoms with Crippen molar-refractivity contribution >= 4 is 45.4 Å². The molecule has 1 aromatic carbocycles. The Bertz CT molecular complexity index is 1050. The van der Waals surface area contributed by atoms with Gasteiger partial charge >= 0.3 is 0 Å². The zero-order valence-corrected chi connectivity index (χ0v) is 21.0. The number of benzene rings is 1. The maximum atomic E-state index is 8.36. The number of aryl methyl sites for hydroxylation is 2. The van der Waals surface area contributed by atoms with Gasteiger partial charge in [-0.05, 0) is 72.3 Å². The molecule has 1 fully saturated rings.